The Bertz CT molecular complexity index is 675. The summed E-state index contributed by atoms with van der Waals surface area (Å²) >= 11 is 5.98. The van der Waals surface area contributed by atoms with Crippen molar-refractivity contribution < 1.29 is 0 Å². The van der Waals surface area contributed by atoms with Gasteiger partial charge in [0.15, 0.2) is 5.96 Å². The molecule has 0 aliphatic carbocycles. The number of hydrogen-bond donors (Lipinski definition) is 3. The highest BCUT2D eigenvalue weighted by Gasteiger charge is 2.00. The Morgan fingerprint density at radius 1 is 0.900 bits per heavy atom. The molecule has 2 aromatic rings. The smallest absolute Gasteiger partial charge is 0.223 e. The van der Waals surface area contributed by atoms with Gasteiger partial charge in [-0.25, -0.2) is 4.99 Å². The van der Waals surface area contributed by atoms with E-state index in [-0.39, 0.29) is 11.9 Å². The van der Waals surface area contributed by atoms with Gasteiger partial charge in [0.1, 0.15) is 0 Å². The number of nitrogens with zero attached hydrogens (tertiary/aromatic N) is 2. The van der Waals surface area contributed by atoms with Crippen LogP contribution in [-0.2, 0) is 0 Å². The van der Waals surface area contributed by atoms with Crippen LogP contribution in [0.25, 0.3) is 11.1 Å². The number of hydrogen-bond acceptors (Lipinski definition) is 1. The molecule has 0 atom stereocenters. The van der Waals surface area contributed by atoms with Crippen LogP contribution in [0.5, 0.6) is 0 Å². The van der Waals surface area contributed by atoms with Gasteiger partial charge in [0, 0.05) is 5.02 Å². The van der Waals surface area contributed by atoms with Gasteiger partial charge in [0.2, 0.25) is 5.96 Å². The lowest BCUT2D eigenvalue weighted by Crippen LogP contribution is -2.26. The number of rotatable bonds is 2. The van der Waals surface area contributed by atoms with Crippen LogP contribution in [-0.4, -0.2) is 11.9 Å². The van der Waals surface area contributed by atoms with Crippen LogP contribution in [0.1, 0.15) is 0 Å². The van der Waals surface area contributed by atoms with Crippen LogP contribution in [0.4, 0.5) is 5.69 Å². The van der Waals surface area contributed by atoms with Crippen molar-refractivity contribution in [2.24, 2.45) is 27.2 Å². The van der Waals surface area contributed by atoms with Crippen molar-refractivity contribution in [2.45, 2.75) is 0 Å². The van der Waals surface area contributed by atoms with E-state index in [1.165, 1.54) is 0 Å². The molecule has 0 spiro atoms. The normalized spacial score (nSPS) is 11.2. The summed E-state index contributed by atoms with van der Waals surface area (Å²) in [4.78, 5) is 7.79. The molecule has 2 rings (SSSR count). The largest absolute Gasteiger partial charge is 0.370 e. The average molecular weight is 288 g/mol. The van der Waals surface area contributed by atoms with Gasteiger partial charge in [-0.05, 0) is 35.4 Å². The molecule has 0 amide bonds. The molecule has 0 saturated heterocycles. The van der Waals surface area contributed by atoms with Crippen LogP contribution in [0.15, 0.2) is 58.5 Å². The van der Waals surface area contributed by atoms with E-state index >= 15 is 0 Å². The molecule has 20 heavy (non-hydrogen) atoms. The average Bonchev–Trinajstić information content (AvgIpc) is 2.38. The van der Waals surface area contributed by atoms with E-state index in [9.17, 15) is 0 Å². The minimum atomic E-state index is -0.128. The highest BCUT2D eigenvalue weighted by molar-refractivity contribution is 6.30. The Morgan fingerprint density at radius 3 is 2.20 bits per heavy atom. The zero-order valence-electron chi connectivity index (χ0n) is 10.6. The van der Waals surface area contributed by atoms with E-state index < -0.39 is 0 Å². The van der Waals surface area contributed by atoms with Crippen molar-refractivity contribution >= 4 is 29.2 Å². The first-order valence-electron chi connectivity index (χ1n) is 5.84. The number of guanidine groups is 2. The minimum Gasteiger partial charge on any atom is -0.370 e. The van der Waals surface area contributed by atoms with Crippen molar-refractivity contribution in [3.05, 3.63) is 53.6 Å². The molecule has 0 aliphatic heterocycles. The minimum absolute atomic E-state index is 0.00763. The van der Waals surface area contributed by atoms with E-state index in [0.717, 1.165) is 11.1 Å². The van der Waals surface area contributed by atoms with Crippen molar-refractivity contribution in [1.29, 1.82) is 0 Å². The first-order chi connectivity index (χ1) is 9.54. The molecule has 0 saturated carbocycles. The van der Waals surface area contributed by atoms with Gasteiger partial charge in [-0.3, -0.25) is 0 Å². The first kappa shape index (κ1) is 13.9. The van der Waals surface area contributed by atoms with Gasteiger partial charge >= 0.3 is 0 Å². The molecule has 0 radical (unpaired) electrons. The second kappa shape index (κ2) is 6.08. The zero-order chi connectivity index (χ0) is 14.5. The molecule has 0 aromatic heterocycles. The third-order valence-corrected chi connectivity index (χ3v) is 2.73. The second-order valence-corrected chi connectivity index (χ2v) is 4.50. The Morgan fingerprint density at radius 2 is 1.55 bits per heavy atom. The quantitative estimate of drug-likeness (QED) is 0.583. The molecule has 0 unspecified atom stereocenters. The van der Waals surface area contributed by atoms with Crippen LogP contribution in [0, 0.1) is 0 Å². The second-order valence-electron chi connectivity index (χ2n) is 4.07. The maximum absolute atomic E-state index is 5.98. The van der Waals surface area contributed by atoms with E-state index in [1.807, 2.05) is 48.5 Å². The highest BCUT2D eigenvalue weighted by Crippen LogP contribution is 2.26. The summed E-state index contributed by atoms with van der Waals surface area (Å²) in [7, 11) is 0. The Hall–Kier alpha value is -2.53. The maximum Gasteiger partial charge on any atom is 0.223 e. The SMILES string of the molecule is NC(N)=NC(N)=Nc1cccc(-c2cccc(Cl)c2)c1. The molecular weight excluding hydrogens is 274 g/mol. The molecule has 6 N–H and O–H groups in total. The number of aliphatic imine (C=N–C) groups is 2. The molecular formula is C14H14ClN5. The Labute approximate surface area is 121 Å². The molecule has 0 aliphatic rings. The Balaban J connectivity index is 2.36. The summed E-state index contributed by atoms with van der Waals surface area (Å²) < 4.78 is 0. The van der Waals surface area contributed by atoms with Crippen molar-refractivity contribution in [3.63, 3.8) is 0 Å². The van der Waals surface area contributed by atoms with E-state index in [2.05, 4.69) is 9.98 Å². The van der Waals surface area contributed by atoms with E-state index in [1.54, 1.807) is 0 Å². The van der Waals surface area contributed by atoms with Crippen LogP contribution in [0.2, 0.25) is 5.02 Å². The van der Waals surface area contributed by atoms with Gasteiger partial charge in [0.25, 0.3) is 0 Å². The fourth-order valence-electron chi connectivity index (χ4n) is 1.71. The predicted molar refractivity (Wildman–Crippen MR) is 84.0 cm³/mol. The predicted octanol–water partition coefficient (Wildman–Crippen LogP) is 2.23. The topological polar surface area (TPSA) is 103 Å². The number of nitrogens with two attached hydrogens (primary N) is 3. The Kier molecular flexibility index (Phi) is 4.22. The van der Waals surface area contributed by atoms with Crippen LogP contribution in [0.3, 0.4) is 0 Å². The molecule has 2 aromatic carbocycles. The van der Waals surface area contributed by atoms with Crippen molar-refractivity contribution in [2.75, 3.05) is 0 Å². The van der Waals surface area contributed by atoms with Gasteiger partial charge in [0.05, 0.1) is 5.69 Å². The lowest BCUT2D eigenvalue weighted by atomic mass is 10.1. The molecule has 0 heterocycles. The van der Waals surface area contributed by atoms with Crippen molar-refractivity contribution in [1.82, 2.24) is 0 Å². The summed E-state index contributed by atoms with van der Waals surface area (Å²) in [6.45, 7) is 0. The van der Waals surface area contributed by atoms with Gasteiger partial charge in [-0.15, -0.1) is 0 Å². The number of halogens is 1. The van der Waals surface area contributed by atoms with E-state index in [0.29, 0.717) is 10.7 Å². The fraction of sp³-hybridized carbons (Fsp3) is 0. The monoisotopic (exact) mass is 287 g/mol. The molecule has 0 bridgehead atoms. The lowest BCUT2D eigenvalue weighted by Gasteiger charge is -2.03. The van der Waals surface area contributed by atoms with Crippen LogP contribution < -0.4 is 17.2 Å². The molecule has 102 valence electrons. The maximum atomic E-state index is 5.98. The van der Waals surface area contributed by atoms with Gasteiger partial charge < -0.3 is 17.2 Å². The number of benzene rings is 2. The zero-order valence-corrected chi connectivity index (χ0v) is 11.4. The summed E-state index contributed by atoms with van der Waals surface area (Å²) in [6, 6.07) is 15.1. The molecule has 6 heteroatoms. The summed E-state index contributed by atoms with van der Waals surface area (Å²) in [5.41, 5.74) is 18.7. The van der Waals surface area contributed by atoms with Crippen LogP contribution >= 0.6 is 11.6 Å². The fourth-order valence-corrected chi connectivity index (χ4v) is 1.90. The summed E-state index contributed by atoms with van der Waals surface area (Å²) in [6.07, 6.45) is 0. The third kappa shape index (κ3) is 3.73. The lowest BCUT2D eigenvalue weighted by molar-refractivity contribution is 1.38. The molecule has 0 fully saturated rings. The van der Waals surface area contributed by atoms with Gasteiger partial charge in [-0.2, -0.15) is 4.99 Å². The third-order valence-electron chi connectivity index (χ3n) is 2.49. The van der Waals surface area contributed by atoms with Crippen molar-refractivity contribution in [3.8, 4) is 11.1 Å². The summed E-state index contributed by atoms with van der Waals surface area (Å²) in [5, 5.41) is 0.677. The first-order valence-corrected chi connectivity index (χ1v) is 6.22. The van der Waals surface area contributed by atoms with Gasteiger partial charge in [-0.1, -0.05) is 35.9 Å². The molecule has 5 nitrogen and oxygen atoms in total. The van der Waals surface area contributed by atoms with E-state index in [4.69, 9.17) is 28.8 Å². The summed E-state index contributed by atoms with van der Waals surface area (Å²) in [5.74, 6) is -0.120. The standard InChI is InChI=1S/C14H14ClN5/c15-11-5-1-3-9(7-11)10-4-2-6-12(8-10)19-14(18)20-13(16)17/h1-8H,(H6,16,17,18,19,20). The highest BCUT2D eigenvalue weighted by atomic mass is 35.5.